The van der Waals surface area contributed by atoms with Crippen LogP contribution in [-0.4, -0.2) is 11.0 Å². The molecule has 1 unspecified atom stereocenters. The van der Waals surface area contributed by atoms with Crippen molar-refractivity contribution in [3.8, 4) is 0 Å². The molecule has 1 heterocycles. The van der Waals surface area contributed by atoms with Crippen LogP contribution in [-0.2, 0) is 12.8 Å². The maximum atomic E-state index is 12.8. The van der Waals surface area contributed by atoms with Gasteiger partial charge in [0.2, 0.25) is 0 Å². The molecule has 0 fully saturated rings. The van der Waals surface area contributed by atoms with Crippen molar-refractivity contribution in [3.05, 3.63) is 59.7 Å². The van der Waals surface area contributed by atoms with Crippen LogP contribution in [0.4, 0.5) is 10.1 Å². The van der Waals surface area contributed by atoms with Gasteiger partial charge in [-0.1, -0.05) is 12.1 Å². The first-order chi connectivity index (χ1) is 8.65. The number of rotatable bonds is 4. The van der Waals surface area contributed by atoms with E-state index in [0.29, 0.717) is 18.5 Å². The standard InChI is InChI=1S/C14H16FN3/c15-12-3-1-10(2-4-12)7-13(16)8-11-9-18-6-5-14(11)17/h1-6,9,13H,7-8,16H2,(H2,17,18). The number of aromatic nitrogens is 1. The van der Waals surface area contributed by atoms with E-state index in [-0.39, 0.29) is 11.9 Å². The predicted molar refractivity (Wildman–Crippen MR) is 70.4 cm³/mol. The smallest absolute Gasteiger partial charge is 0.123 e. The first-order valence-corrected chi connectivity index (χ1v) is 5.83. The van der Waals surface area contributed by atoms with E-state index in [2.05, 4.69) is 4.98 Å². The van der Waals surface area contributed by atoms with Crippen molar-refractivity contribution in [1.82, 2.24) is 4.98 Å². The van der Waals surface area contributed by atoms with Crippen molar-refractivity contribution in [2.24, 2.45) is 5.73 Å². The van der Waals surface area contributed by atoms with Gasteiger partial charge in [-0.3, -0.25) is 4.98 Å². The number of hydrogen-bond acceptors (Lipinski definition) is 3. The van der Waals surface area contributed by atoms with Gasteiger partial charge in [0.1, 0.15) is 5.82 Å². The lowest BCUT2D eigenvalue weighted by Crippen LogP contribution is -2.26. The fraction of sp³-hybridized carbons (Fsp3) is 0.214. The summed E-state index contributed by atoms with van der Waals surface area (Å²) in [6, 6.07) is 8.10. The van der Waals surface area contributed by atoms with Gasteiger partial charge < -0.3 is 11.5 Å². The van der Waals surface area contributed by atoms with E-state index in [9.17, 15) is 4.39 Å². The molecule has 4 N–H and O–H groups in total. The Hall–Kier alpha value is -1.94. The Morgan fingerprint density at radius 2 is 1.83 bits per heavy atom. The second-order valence-electron chi connectivity index (χ2n) is 4.37. The van der Waals surface area contributed by atoms with Crippen LogP contribution in [0.2, 0.25) is 0 Å². The molecule has 18 heavy (non-hydrogen) atoms. The Bertz CT molecular complexity index is 511. The zero-order chi connectivity index (χ0) is 13.0. The molecular formula is C14H16FN3. The number of hydrogen-bond donors (Lipinski definition) is 2. The molecule has 94 valence electrons. The number of nitrogens with two attached hydrogens (primary N) is 2. The summed E-state index contributed by atoms with van der Waals surface area (Å²) in [6.07, 6.45) is 4.75. The van der Waals surface area contributed by atoms with Gasteiger partial charge in [0.25, 0.3) is 0 Å². The minimum Gasteiger partial charge on any atom is -0.398 e. The number of benzene rings is 1. The molecule has 0 bridgehead atoms. The summed E-state index contributed by atoms with van der Waals surface area (Å²) >= 11 is 0. The van der Waals surface area contributed by atoms with Crippen LogP contribution < -0.4 is 11.5 Å². The highest BCUT2D eigenvalue weighted by atomic mass is 19.1. The third kappa shape index (κ3) is 3.28. The molecule has 0 aliphatic carbocycles. The van der Waals surface area contributed by atoms with E-state index in [1.165, 1.54) is 12.1 Å². The summed E-state index contributed by atoms with van der Waals surface area (Å²) < 4.78 is 12.8. The van der Waals surface area contributed by atoms with E-state index in [1.807, 2.05) is 0 Å². The van der Waals surface area contributed by atoms with Crippen LogP contribution in [0.5, 0.6) is 0 Å². The fourth-order valence-electron chi connectivity index (χ4n) is 1.89. The Morgan fingerprint density at radius 3 is 2.50 bits per heavy atom. The van der Waals surface area contributed by atoms with Crippen LogP contribution in [0.3, 0.4) is 0 Å². The van der Waals surface area contributed by atoms with E-state index >= 15 is 0 Å². The number of anilines is 1. The summed E-state index contributed by atoms with van der Waals surface area (Å²) in [6.45, 7) is 0. The number of halogens is 1. The molecule has 1 aromatic heterocycles. The van der Waals surface area contributed by atoms with E-state index in [4.69, 9.17) is 11.5 Å². The van der Waals surface area contributed by atoms with Gasteiger partial charge in [-0.05, 0) is 42.2 Å². The highest BCUT2D eigenvalue weighted by molar-refractivity contribution is 5.44. The molecule has 0 aliphatic rings. The van der Waals surface area contributed by atoms with E-state index in [0.717, 1.165) is 11.1 Å². The summed E-state index contributed by atoms with van der Waals surface area (Å²) in [5.41, 5.74) is 14.6. The van der Waals surface area contributed by atoms with Crippen molar-refractivity contribution in [3.63, 3.8) is 0 Å². The Morgan fingerprint density at radius 1 is 1.11 bits per heavy atom. The zero-order valence-corrected chi connectivity index (χ0v) is 10.0. The highest BCUT2D eigenvalue weighted by Gasteiger charge is 2.08. The Labute approximate surface area is 106 Å². The lowest BCUT2D eigenvalue weighted by atomic mass is 10.00. The zero-order valence-electron chi connectivity index (χ0n) is 10.0. The van der Waals surface area contributed by atoms with Crippen LogP contribution in [0.1, 0.15) is 11.1 Å². The quantitative estimate of drug-likeness (QED) is 0.864. The molecule has 4 heteroatoms. The summed E-state index contributed by atoms with van der Waals surface area (Å²) in [5.74, 6) is -0.233. The molecule has 2 aromatic rings. The van der Waals surface area contributed by atoms with Crippen molar-refractivity contribution >= 4 is 5.69 Å². The van der Waals surface area contributed by atoms with E-state index < -0.39 is 0 Å². The first kappa shape index (κ1) is 12.5. The van der Waals surface area contributed by atoms with Crippen molar-refractivity contribution < 1.29 is 4.39 Å². The largest absolute Gasteiger partial charge is 0.398 e. The highest BCUT2D eigenvalue weighted by Crippen LogP contribution is 2.13. The van der Waals surface area contributed by atoms with Gasteiger partial charge in [-0.25, -0.2) is 4.39 Å². The molecule has 0 aliphatic heterocycles. The molecule has 1 atom stereocenters. The summed E-state index contributed by atoms with van der Waals surface area (Å²) in [7, 11) is 0. The van der Waals surface area contributed by atoms with Crippen molar-refractivity contribution in [1.29, 1.82) is 0 Å². The molecule has 3 nitrogen and oxygen atoms in total. The Kier molecular flexibility index (Phi) is 3.89. The number of nitrogens with zero attached hydrogens (tertiary/aromatic N) is 1. The monoisotopic (exact) mass is 245 g/mol. The van der Waals surface area contributed by atoms with Crippen LogP contribution in [0.25, 0.3) is 0 Å². The van der Waals surface area contributed by atoms with E-state index in [1.54, 1.807) is 30.6 Å². The molecule has 0 amide bonds. The minimum atomic E-state index is -0.233. The van der Waals surface area contributed by atoms with Gasteiger partial charge in [0.05, 0.1) is 0 Å². The van der Waals surface area contributed by atoms with Gasteiger partial charge >= 0.3 is 0 Å². The summed E-state index contributed by atoms with van der Waals surface area (Å²) in [5, 5.41) is 0. The molecule has 2 rings (SSSR count). The summed E-state index contributed by atoms with van der Waals surface area (Å²) in [4.78, 5) is 4.03. The van der Waals surface area contributed by atoms with Crippen LogP contribution in [0, 0.1) is 5.82 Å². The normalized spacial score (nSPS) is 12.3. The molecule has 0 saturated heterocycles. The van der Waals surface area contributed by atoms with Crippen molar-refractivity contribution in [2.45, 2.75) is 18.9 Å². The number of pyridine rings is 1. The van der Waals surface area contributed by atoms with Crippen LogP contribution in [0.15, 0.2) is 42.7 Å². The maximum Gasteiger partial charge on any atom is 0.123 e. The third-order valence-corrected chi connectivity index (χ3v) is 2.83. The third-order valence-electron chi connectivity index (χ3n) is 2.83. The predicted octanol–water partition coefficient (Wildman–Crippen LogP) is 1.92. The SMILES string of the molecule is Nc1ccncc1CC(N)Cc1ccc(F)cc1. The van der Waals surface area contributed by atoms with Gasteiger partial charge in [-0.2, -0.15) is 0 Å². The van der Waals surface area contributed by atoms with Gasteiger partial charge in [0.15, 0.2) is 0 Å². The molecule has 0 spiro atoms. The Balaban J connectivity index is 1.99. The fourth-order valence-corrected chi connectivity index (χ4v) is 1.89. The lowest BCUT2D eigenvalue weighted by molar-refractivity contribution is 0.623. The van der Waals surface area contributed by atoms with Crippen LogP contribution >= 0.6 is 0 Å². The molecule has 0 saturated carbocycles. The lowest BCUT2D eigenvalue weighted by Gasteiger charge is -2.13. The average Bonchev–Trinajstić information content (AvgIpc) is 2.35. The minimum absolute atomic E-state index is 0.0537. The van der Waals surface area contributed by atoms with Gasteiger partial charge in [0, 0.05) is 24.1 Å². The van der Waals surface area contributed by atoms with Crippen molar-refractivity contribution in [2.75, 3.05) is 5.73 Å². The molecular weight excluding hydrogens is 229 g/mol. The molecule has 1 aromatic carbocycles. The molecule has 0 radical (unpaired) electrons. The van der Waals surface area contributed by atoms with Gasteiger partial charge in [-0.15, -0.1) is 0 Å². The average molecular weight is 245 g/mol. The topological polar surface area (TPSA) is 64.9 Å². The number of nitrogen functional groups attached to an aromatic ring is 1. The first-order valence-electron chi connectivity index (χ1n) is 5.83. The second-order valence-corrected chi connectivity index (χ2v) is 4.37. The maximum absolute atomic E-state index is 12.8. The second kappa shape index (κ2) is 5.60.